The minimum atomic E-state index is 0.503. The van der Waals surface area contributed by atoms with Gasteiger partial charge in [0.1, 0.15) is 25.3 Å². The van der Waals surface area contributed by atoms with E-state index in [1.54, 1.807) is 42.0 Å². The maximum absolute atomic E-state index is 6.05. The highest BCUT2D eigenvalue weighted by Gasteiger charge is 2.26. The Balaban J connectivity index is 0.000000215. The summed E-state index contributed by atoms with van der Waals surface area (Å²) in [6.45, 7) is 51.5. The number of rotatable bonds is 17. The minimum Gasteiger partial charge on any atom is -0.386 e. The highest BCUT2D eigenvalue weighted by atomic mass is 35.5. The standard InChI is InChI=1S/C13H16ClN3.C13H14ClN3.2C13H18.C11H22.C10H20N2.C10H15N.C10H14/c2*1-10(2)3-4-11-7-12(14)5-6-13(11)17-8-15-16-9-17;1-9(2)11-6-7-13-10(3)4-5-12(13)8-11;1-9(2)12-5-4-10(3)13(8-12)11-6-7-11;1-4-10-5-7-11(8-6-10)9(2)3;1-8(2)10-4-6-12(7-5-10)9(3)11;1-8(2)10-5-3-9(7-11)4-6-10;1-8(2)10-6-4-9(3)5-7-10/h5-10H,3-4H2,1-2H3;3-10H,1-2H3;6-10H,4-5H2,1-3H3;4-5,8-9,11H,6-7H2,1-3H3;9-11H,4-8H2,1-3H3;8,10H,3-7,11H2,1-2H3;3-6,8H,7,11H2,1-2H3;4-8H,1-3H3/b;4-3+;;;;;;. The van der Waals surface area contributed by atoms with Crippen LogP contribution in [-0.2, 0) is 19.4 Å². The molecule has 0 spiro atoms. The lowest BCUT2D eigenvalue weighted by atomic mass is 9.76. The van der Waals surface area contributed by atoms with E-state index in [1.165, 1.54) is 115 Å². The summed E-state index contributed by atoms with van der Waals surface area (Å²) < 4.78 is 3.79. The number of aromatic nitrogens is 6. The fourth-order valence-electron chi connectivity index (χ4n) is 13.5. The third-order valence-electron chi connectivity index (χ3n) is 21.2. The van der Waals surface area contributed by atoms with Crippen LogP contribution in [0.1, 0.15) is 298 Å². The third-order valence-corrected chi connectivity index (χ3v) is 21.7. The fraction of sp³-hybridized carbons (Fsp3) is 0.527. The van der Waals surface area contributed by atoms with E-state index in [4.69, 9.17) is 34.7 Å². The van der Waals surface area contributed by atoms with Crippen LogP contribution in [0.4, 0.5) is 0 Å². The van der Waals surface area contributed by atoms with Crippen molar-refractivity contribution in [2.45, 2.75) is 264 Å². The number of hydrogen-bond acceptors (Lipinski definition) is 7. The molecule has 3 aliphatic carbocycles. The molecular weight excluding hydrogens is 1310 g/mol. The molecule has 9 nitrogen and oxygen atoms in total. The lowest BCUT2D eigenvalue weighted by Gasteiger charge is -2.34. The monoisotopic (exact) mass is 1450 g/mol. The van der Waals surface area contributed by atoms with E-state index >= 15 is 0 Å². The SMILES string of the molecule is C=C(N)N1CCC(C(C)C)CC1.CC(C)/C=C/c1cc(Cl)ccc1-n1cnnc1.CC(C)CCc1cc(Cl)ccc1-n1cnnc1.CC(C)c1ccc(CN)cc1.CC(C)c1ccc2c(c1)CCC2C.CCC1CCC(C(C)C)CC1.Cc1ccc(C(C)C)cc1.Cc1ccc(C(C)C)cc1C1CC1. The lowest BCUT2D eigenvalue weighted by Crippen LogP contribution is -2.36. The molecule has 4 N–H and O–H groups in total. The predicted molar refractivity (Wildman–Crippen MR) is 451 cm³/mol. The highest BCUT2D eigenvalue weighted by molar-refractivity contribution is 6.31. The number of nitrogens with zero attached hydrogens (tertiary/aromatic N) is 7. The summed E-state index contributed by atoms with van der Waals surface area (Å²) in [5, 5.41) is 16.8. The van der Waals surface area contributed by atoms with Crippen LogP contribution in [-0.4, -0.2) is 47.5 Å². The van der Waals surface area contributed by atoms with Crippen molar-refractivity contribution in [2.75, 3.05) is 13.1 Å². The number of aryl methyl sites for hydroxylation is 4. The number of piperidine rings is 1. The molecule has 1 aliphatic heterocycles. The predicted octanol–water partition coefficient (Wildman–Crippen LogP) is 26.0. The Kier molecular flexibility index (Phi) is 38.6. The molecule has 0 amide bonds. The second kappa shape index (κ2) is 45.7. The second-order valence-electron chi connectivity index (χ2n) is 32.5. The van der Waals surface area contributed by atoms with Gasteiger partial charge in [0.15, 0.2) is 0 Å². The van der Waals surface area contributed by atoms with Crippen LogP contribution in [0.2, 0.25) is 10.0 Å². The summed E-state index contributed by atoms with van der Waals surface area (Å²) in [5.41, 5.74) is 30.1. The summed E-state index contributed by atoms with van der Waals surface area (Å²) in [5.74, 6) is 10.9. The summed E-state index contributed by atoms with van der Waals surface area (Å²) in [7, 11) is 0. The minimum absolute atomic E-state index is 0.503. The Morgan fingerprint density at radius 2 is 1.02 bits per heavy atom. The van der Waals surface area contributed by atoms with Crippen LogP contribution in [0.5, 0.6) is 0 Å². The summed E-state index contributed by atoms with van der Waals surface area (Å²) >= 11 is 12.1. The molecule has 1 unspecified atom stereocenters. The molecule has 3 fully saturated rings. The number of allylic oxidation sites excluding steroid dienone is 1. The van der Waals surface area contributed by atoms with Crippen LogP contribution in [0.15, 0.2) is 165 Å². The molecule has 6 aromatic carbocycles. The van der Waals surface area contributed by atoms with Crippen LogP contribution >= 0.6 is 23.2 Å². The lowest BCUT2D eigenvalue weighted by molar-refractivity contribution is 0.190. The van der Waals surface area contributed by atoms with Crippen LogP contribution in [0.25, 0.3) is 17.5 Å². The summed E-state index contributed by atoms with van der Waals surface area (Å²) in [6.07, 6.45) is 28.5. The molecule has 11 heteroatoms. The topological polar surface area (TPSA) is 117 Å². The Morgan fingerprint density at radius 3 is 1.50 bits per heavy atom. The van der Waals surface area contributed by atoms with Gasteiger partial charge in [0.2, 0.25) is 0 Å². The molecule has 2 saturated carbocycles. The average molecular weight is 1450 g/mol. The number of fused-ring (bicyclic) bond motifs is 1. The van der Waals surface area contributed by atoms with Crippen molar-refractivity contribution in [2.24, 2.45) is 52.9 Å². The maximum Gasteiger partial charge on any atom is 0.123 e. The van der Waals surface area contributed by atoms with E-state index < -0.39 is 0 Å². The fourth-order valence-corrected chi connectivity index (χ4v) is 13.8. The number of hydrogen-bond donors (Lipinski definition) is 2. The van der Waals surface area contributed by atoms with Gasteiger partial charge in [0.05, 0.1) is 17.2 Å². The van der Waals surface area contributed by atoms with Crippen molar-refractivity contribution >= 4 is 29.3 Å². The van der Waals surface area contributed by atoms with E-state index in [-0.39, 0.29) is 0 Å². The van der Waals surface area contributed by atoms with Gasteiger partial charge in [0.25, 0.3) is 0 Å². The molecular formula is C93H137Cl2N9. The van der Waals surface area contributed by atoms with Gasteiger partial charge in [-0.05, 0) is 253 Å². The zero-order chi connectivity index (χ0) is 76.6. The Morgan fingerprint density at radius 1 is 0.538 bits per heavy atom. The van der Waals surface area contributed by atoms with E-state index in [2.05, 4.69) is 267 Å². The zero-order valence-corrected chi connectivity index (χ0v) is 69.6. The van der Waals surface area contributed by atoms with Gasteiger partial charge in [0, 0.05) is 29.7 Å². The molecule has 568 valence electrons. The first-order valence-corrected chi connectivity index (χ1v) is 40.5. The molecule has 4 aliphatic rings. The summed E-state index contributed by atoms with van der Waals surface area (Å²) in [4.78, 5) is 2.18. The first-order chi connectivity index (χ1) is 49.5. The van der Waals surface area contributed by atoms with Crippen LogP contribution in [0, 0.1) is 55.3 Å². The van der Waals surface area contributed by atoms with Crippen molar-refractivity contribution in [3.05, 3.63) is 242 Å². The van der Waals surface area contributed by atoms with Crippen molar-refractivity contribution in [1.29, 1.82) is 0 Å². The Hall–Kier alpha value is -6.78. The van der Waals surface area contributed by atoms with Gasteiger partial charge in [-0.1, -0.05) is 276 Å². The molecule has 1 saturated heterocycles. The third kappa shape index (κ3) is 31.0. The second-order valence-corrected chi connectivity index (χ2v) is 33.4. The number of likely N-dealkylation sites (tertiary alicyclic amines) is 1. The van der Waals surface area contributed by atoms with Gasteiger partial charge >= 0.3 is 0 Å². The van der Waals surface area contributed by atoms with Gasteiger partial charge in [-0.25, -0.2) is 0 Å². The number of nitrogens with two attached hydrogens (primary N) is 2. The first kappa shape index (κ1) is 87.9. The van der Waals surface area contributed by atoms with Crippen molar-refractivity contribution in [3.63, 3.8) is 0 Å². The molecule has 8 aromatic rings. The van der Waals surface area contributed by atoms with Crippen molar-refractivity contribution in [1.82, 2.24) is 34.4 Å². The molecule has 104 heavy (non-hydrogen) atoms. The van der Waals surface area contributed by atoms with Gasteiger partial charge in [-0.3, -0.25) is 9.13 Å². The molecule has 0 radical (unpaired) electrons. The highest BCUT2D eigenvalue weighted by Crippen LogP contribution is 2.42. The number of halogens is 2. The maximum atomic E-state index is 6.05. The van der Waals surface area contributed by atoms with Crippen LogP contribution in [0.3, 0.4) is 0 Å². The van der Waals surface area contributed by atoms with E-state index in [0.717, 1.165) is 100 Å². The molecule has 0 bridgehead atoms. The van der Waals surface area contributed by atoms with E-state index in [0.29, 0.717) is 42.1 Å². The van der Waals surface area contributed by atoms with Gasteiger partial charge in [-0.2, -0.15) is 0 Å². The van der Waals surface area contributed by atoms with E-state index in [9.17, 15) is 0 Å². The first-order valence-electron chi connectivity index (χ1n) is 39.7. The molecule has 2 aromatic heterocycles. The van der Waals surface area contributed by atoms with Crippen molar-refractivity contribution < 1.29 is 0 Å². The van der Waals surface area contributed by atoms with E-state index in [1.807, 2.05) is 45.5 Å². The van der Waals surface area contributed by atoms with Gasteiger partial charge < -0.3 is 16.4 Å². The number of benzene rings is 6. The molecule has 1 atom stereocenters. The van der Waals surface area contributed by atoms with Crippen molar-refractivity contribution in [3.8, 4) is 11.4 Å². The largest absolute Gasteiger partial charge is 0.386 e. The van der Waals surface area contributed by atoms with Gasteiger partial charge in [-0.15, -0.1) is 20.4 Å². The molecule has 3 heterocycles. The zero-order valence-electron chi connectivity index (χ0n) is 68.1. The Bertz CT molecular complexity index is 3690. The Labute approximate surface area is 643 Å². The normalized spacial score (nSPS) is 16.3. The molecule has 12 rings (SSSR count). The smallest absolute Gasteiger partial charge is 0.123 e. The average Bonchev–Trinajstić information content (AvgIpc) is 1.68. The van der Waals surface area contributed by atoms with Crippen LogP contribution < -0.4 is 11.5 Å². The quantitative estimate of drug-likeness (QED) is 0.0933. The summed E-state index contributed by atoms with van der Waals surface area (Å²) in [6, 6.07) is 42.9.